The zero-order chi connectivity index (χ0) is 18.4. The Morgan fingerprint density at radius 3 is 2.50 bits per heavy atom. The molecule has 134 valence electrons. The molecule has 26 heavy (non-hydrogen) atoms. The van der Waals surface area contributed by atoms with Crippen molar-refractivity contribution in [3.05, 3.63) is 41.6 Å². The third-order valence-electron chi connectivity index (χ3n) is 5.20. The van der Waals surface area contributed by atoms with Gasteiger partial charge in [0.15, 0.2) is 35.7 Å². The van der Waals surface area contributed by atoms with Crippen LogP contribution in [0.5, 0.6) is 23.0 Å². The Hall–Kier alpha value is -2.95. The Bertz CT molecular complexity index is 1030. The fourth-order valence-corrected chi connectivity index (χ4v) is 4.00. The number of hydrogen-bond donors (Lipinski definition) is 2. The lowest BCUT2D eigenvalue weighted by Crippen LogP contribution is -2.41. The number of aromatic hydroxyl groups is 2. The maximum absolute atomic E-state index is 10.0. The Kier molecular flexibility index (Phi) is 3.87. The number of nitrogens with zero attached hydrogens (tertiary/aromatic N) is 1. The van der Waals surface area contributed by atoms with Crippen LogP contribution in [0.15, 0.2) is 30.5 Å². The van der Waals surface area contributed by atoms with E-state index in [0.29, 0.717) is 5.75 Å². The number of methoxy groups -OCH3 is 2. The van der Waals surface area contributed by atoms with Gasteiger partial charge in [0.05, 0.1) is 25.2 Å². The van der Waals surface area contributed by atoms with Gasteiger partial charge in [0.2, 0.25) is 5.69 Å². The molecule has 0 saturated carbocycles. The summed E-state index contributed by atoms with van der Waals surface area (Å²) in [5, 5.41) is 22.0. The number of rotatable bonds is 3. The summed E-state index contributed by atoms with van der Waals surface area (Å²) in [4.78, 5) is 0. The van der Waals surface area contributed by atoms with Gasteiger partial charge in [0.25, 0.3) is 0 Å². The summed E-state index contributed by atoms with van der Waals surface area (Å²) in [5.74, 6) is 1.28. The normalized spacial score (nSPS) is 12.6. The molecule has 5 nitrogen and oxygen atoms in total. The van der Waals surface area contributed by atoms with E-state index in [1.807, 2.05) is 6.07 Å². The molecule has 2 heterocycles. The van der Waals surface area contributed by atoms with Crippen LogP contribution >= 0.6 is 0 Å². The molecule has 0 amide bonds. The van der Waals surface area contributed by atoms with Gasteiger partial charge in [-0.05, 0) is 36.2 Å². The number of phenols is 2. The van der Waals surface area contributed by atoms with Crippen molar-refractivity contribution >= 4 is 10.8 Å². The average molecular weight is 352 g/mol. The quantitative estimate of drug-likeness (QED) is 0.561. The van der Waals surface area contributed by atoms with Crippen LogP contribution in [-0.4, -0.2) is 24.4 Å². The van der Waals surface area contributed by atoms with Crippen molar-refractivity contribution in [2.24, 2.45) is 0 Å². The summed E-state index contributed by atoms with van der Waals surface area (Å²) in [5.41, 5.74) is 4.30. The molecule has 0 fully saturated rings. The van der Waals surface area contributed by atoms with Crippen molar-refractivity contribution in [1.82, 2.24) is 0 Å². The van der Waals surface area contributed by atoms with Crippen LogP contribution < -0.4 is 14.0 Å². The summed E-state index contributed by atoms with van der Waals surface area (Å²) in [6.07, 6.45) is 3.73. The number of ether oxygens (including phenoxy) is 2. The molecule has 3 aromatic rings. The van der Waals surface area contributed by atoms with Gasteiger partial charge in [-0.3, -0.25) is 0 Å². The zero-order valence-corrected chi connectivity index (χ0v) is 15.2. The van der Waals surface area contributed by atoms with Crippen LogP contribution in [0, 0.1) is 0 Å². The summed E-state index contributed by atoms with van der Waals surface area (Å²) < 4.78 is 13.3. The SMILES string of the molecule is CCc1c2[n+](cc3c(OC)c(OC)ccc13)CCc1cc(O)c(O)cc1-2. The van der Waals surface area contributed by atoms with E-state index in [9.17, 15) is 10.2 Å². The molecule has 0 unspecified atom stereocenters. The molecular weight excluding hydrogens is 330 g/mol. The summed E-state index contributed by atoms with van der Waals surface area (Å²) >= 11 is 0. The number of fused-ring (bicyclic) bond motifs is 4. The number of phenolic OH excluding ortho intramolecular Hbond substituents is 2. The maximum Gasteiger partial charge on any atom is 0.216 e. The fraction of sp³-hybridized carbons (Fsp3) is 0.286. The Labute approximate surface area is 152 Å². The lowest BCUT2D eigenvalue weighted by atomic mass is 9.90. The largest absolute Gasteiger partial charge is 0.504 e. The lowest BCUT2D eigenvalue weighted by molar-refractivity contribution is -0.686. The molecule has 1 aliphatic heterocycles. The predicted octanol–water partition coefficient (Wildman–Crippen LogP) is 3.34. The number of hydrogen-bond acceptors (Lipinski definition) is 4. The van der Waals surface area contributed by atoms with Gasteiger partial charge in [-0.2, -0.15) is 4.57 Å². The van der Waals surface area contributed by atoms with Gasteiger partial charge in [-0.15, -0.1) is 0 Å². The second-order valence-electron chi connectivity index (χ2n) is 6.51. The second-order valence-corrected chi connectivity index (χ2v) is 6.51. The minimum absolute atomic E-state index is 0.0672. The second kappa shape index (κ2) is 6.09. The van der Waals surface area contributed by atoms with E-state index in [0.717, 1.165) is 52.7 Å². The van der Waals surface area contributed by atoms with Crippen LogP contribution in [0.1, 0.15) is 18.1 Å². The van der Waals surface area contributed by atoms with Crippen LogP contribution in [0.25, 0.3) is 22.0 Å². The van der Waals surface area contributed by atoms with Crippen molar-refractivity contribution in [3.8, 4) is 34.3 Å². The third kappa shape index (κ3) is 2.27. The molecule has 0 radical (unpaired) electrons. The number of benzene rings is 2. The van der Waals surface area contributed by atoms with Gasteiger partial charge in [-0.1, -0.05) is 6.92 Å². The highest BCUT2D eigenvalue weighted by Gasteiger charge is 2.30. The average Bonchev–Trinajstić information content (AvgIpc) is 2.66. The third-order valence-corrected chi connectivity index (χ3v) is 5.20. The van der Waals surface area contributed by atoms with E-state index in [2.05, 4.69) is 23.8 Å². The highest BCUT2D eigenvalue weighted by atomic mass is 16.5. The zero-order valence-electron chi connectivity index (χ0n) is 15.2. The molecule has 0 saturated heterocycles. The maximum atomic E-state index is 10.0. The summed E-state index contributed by atoms with van der Waals surface area (Å²) in [6, 6.07) is 7.33. The van der Waals surface area contributed by atoms with Crippen molar-refractivity contribution < 1.29 is 24.3 Å². The predicted molar refractivity (Wildman–Crippen MR) is 99.1 cm³/mol. The van der Waals surface area contributed by atoms with E-state index in [-0.39, 0.29) is 11.5 Å². The summed E-state index contributed by atoms with van der Waals surface area (Å²) in [6.45, 7) is 2.93. The van der Waals surface area contributed by atoms with Gasteiger partial charge >= 0.3 is 0 Å². The van der Waals surface area contributed by atoms with E-state index in [1.165, 1.54) is 5.56 Å². The first kappa shape index (κ1) is 16.5. The Balaban J connectivity index is 2.10. The van der Waals surface area contributed by atoms with E-state index >= 15 is 0 Å². The van der Waals surface area contributed by atoms with Gasteiger partial charge in [0, 0.05) is 17.4 Å². The molecule has 5 heteroatoms. The van der Waals surface area contributed by atoms with Gasteiger partial charge in [-0.25, -0.2) is 0 Å². The van der Waals surface area contributed by atoms with Crippen LogP contribution in [0.2, 0.25) is 0 Å². The van der Waals surface area contributed by atoms with Crippen molar-refractivity contribution in [3.63, 3.8) is 0 Å². The molecule has 0 atom stereocenters. The van der Waals surface area contributed by atoms with E-state index in [1.54, 1.807) is 26.4 Å². The molecule has 0 aliphatic carbocycles. The number of aromatic nitrogens is 1. The Morgan fingerprint density at radius 1 is 1.04 bits per heavy atom. The first-order chi connectivity index (χ1) is 12.6. The summed E-state index contributed by atoms with van der Waals surface area (Å²) in [7, 11) is 3.30. The van der Waals surface area contributed by atoms with Crippen molar-refractivity contribution in [1.29, 1.82) is 0 Å². The topological polar surface area (TPSA) is 62.8 Å². The van der Waals surface area contributed by atoms with E-state index < -0.39 is 0 Å². The number of aryl methyl sites for hydroxylation is 3. The molecule has 2 aromatic carbocycles. The molecule has 0 spiro atoms. The van der Waals surface area contributed by atoms with Crippen LogP contribution in [0.3, 0.4) is 0 Å². The smallest absolute Gasteiger partial charge is 0.216 e. The first-order valence-corrected chi connectivity index (χ1v) is 8.74. The molecule has 0 bridgehead atoms. The molecule has 1 aliphatic rings. The minimum atomic E-state index is -0.0911. The Morgan fingerprint density at radius 2 is 1.81 bits per heavy atom. The van der Waals surface area contributed by atoms with Crippen LogP contribution in [-0.2, 0) is 19.4 Å². The molecular formula is C21H22NO4+. The highest BCUT2D eigenvalue weighted by Crippen LogP contribution is 2.41. The fourth-order valence-electron chi connectivity index (χ4n) is 4.00. The van der Waals surface area contributed by atoms with Crippen molar-refractivity contribution in [2.45, 2.75) is 26.3 Å². The van der Waals surface area contributed by atoms with Crippen LogP contribution in [0.4, 0.5) is 0 Å². The van der Waals surface area contributed by atoms with Crippen molar-refractivity contribution in [2.75, 3.05) is 14.2 Å². The van der Waals surface area contributed by atoms with Gasteiger partial charge < -0.3 is 19.7 Å². The first-order valence-electron chi connectivity index (χ1n) is 8.74. The molecule has 4 rings (SSSR count). The van der Waals surface area contributed by atoms with Gasteiger partial charge in [0.1, 0.15) is 0 Å². The van der Waals surface area contributed by atoms with E-state index in [4.69, 9.17) is 9.47 Å². The molecule has 1 aromatic heterocycles. The molecule has 2 N–H and O–H groups in total. The number of pyridine rings is 1. The minimum Gasteiger partial charge on any atom is -0.504 e. The monoisotopic (exact) mass is 352 g/mol. The lowest BCUT2D eigenvalue weighted by Gasteiger charge is -2.20. The highest BCUT2D eigenvalue weighted by molar-refractivity contribution is 5.95. The standard InChI is InChI=1S/C21H21NO4/c1-4-13-14-5-6-19(25-2)21(26-3)16(14)11-22-8-7-12-9-17(23)18(24)10-15(12)20(13)22/h5-6,9-11,24H,4,7-8H2,1-3H3/p+1.